The topological polar surface area (TPSA) is 49.3 Å². The fraction of sp³-hybridized carbons (Fsp3) is 0.125. The van der Waals surface area contributed by atoms with Gasteiger partial charge in [0, 0.05) is 12.1 Å². The molecule has 1 aromatic carbocycles. The lowest BCUT2D eigenvalue weighted by Crippen LogP contribution is -2.06. The van der Waals surface area contributed by atoms with Crippen LogP contribution in [0.15, 0.2) is 30.3 Å². The molecule has 2 N–H and O–H groups in total. The van der Waals surface area contributed by atoms with Crippen LogP contribution < -0.4 is 5.32 Å². The van der Waals surface area contributed by atoms with E-state index < -0.39 is 6.09 Å². The van der Waals surface area contributed by atoms with Gasteiger partial charge in [0.05, 0.1) is 0 Å². The molecule has 1 aromatic rings. The molecule has 0 fully saturated rings. The summed E-state index contributed by atoms with van der Waals surface area (Å²) in [5, 5.41) is 10.5. The van der Waals surface area contributed by atoms with E-state index in [1.54, 1.807) is 24.3 Å². The maximum Gasteiger partial charge on any atom is 0.409 e. The molecule has 0 spiro atoms. The lowest BCUT2D eigenvalue weighted by Gasteiger charge is -1.96. The molecule has 0 saturated heterocycles. The molecule has 12 heavy (non-hydrogen) atoms. The van der Waals surface area contributed by atoms with E-state index in [4.69, 9.17) is 5.11 Å². The van der Waals surface area contributed by atoms with Crippen LogP contribution in [0.4, 0.5) is 10.5 Å². The van der Waals surface area contributed by atoms with Crippen molar-refractivity contribution in [3.63, 3.8) is 0 Å². The van der Waals surface area contributed by atoms with Gasteiger partial charge in [-0.3, -0.25) is 5.32 Å². The van der Waals surface area contributed by atoms with Crippen LogP contribution in [0.2, 0.25) is 0 Å². The van der Waals surface area contributed by atoms with Crippen LogP contribution in [-0.2, 0) is 0 Å². The first-order valence-corrected chi connectivity index (χ1v) is 3.97. The number of carboxylic acid groups (broad SMARTS) is 1. The Balaban J connectivity index is 0.000000561. The third-order valence-corrected chi connectivity index (χ3v) is 1.03. The summed E-state index contributed by atoms with van der Waals surface area (Å²) in [7, 11) is 0. The van der Waals surface area contributed by atoms with Crippen LogP contribution in [0.5, 0.6) is 0 Å². The lowest BCUT2D eigenvalue weighted by molar-refractivity contribution is 0.210. The van der Waals surface area contributed by atoms with Gasteiger partial charge in [-0.2, -0.15) is 0 Å². The summed E-state index contributed by atoms with van der Waals surface area (Å²) in [5.41, 5.74) is 0.593. The molecule has 3 nitrogen and oxygen atoms in total. The molecule has 0 bridgehead atoms. The largest absolute Gasteiger partial charge is 0.465 e. The number of alkyl halides is 1. The molecule has 0 atom stereocenters. The van der Waals surface area contributed by atoms with Gasteiger partial charge < -0.3 is 5.11 Å². The normalized spacial score (nSPS) is 7.83. The van der Waals surface area contributed by atoms with Crippen LogP contribution in [0, 0.1) is 0 Å². The Hall–Kier alpha value is -1.22. The minimum absolute atomic E-state index is 0.593. The predicted molar refractivity (Wildman–Crippen MR) is 49.9 cm³/mol. The molecular formula is C8H10ClNO2. The summed E-state index contributed by atoms with van der Waals surface area (Å²) in [4.78, 5) is 10.1. The van der Waals surface area contributed by atoms with Gasteiger partial charge in [-0.15, -0.1) is 11.6 Å². The highest BCUT2D eigenvalue weighted by molar-refractivity contribution is 6.15. The van der Waals surface area contributed by atoms with Crippen LogP contribution in [0.3, 0.4) is 0 Å². The summed E-state index contributed by atoms with van der Waals surface area (Å²) in [6.45, 7) is 0. The summed E-state index contributed by atoms with van der Waals surface area (Å²) >= 11 is 4.64. The van der Waals surface area contributed by atoms with Crippen molar-refractivity contribution in [1.82, 2.24) is 0 Å². The first kappa shape index (κ1) is 10.8. The second-order valence-electron chi connectivity index (χ2n) is 1.80. The maximum atomic E-state index is 10.1. The number of para-hydroxylation sites is 1. The molecule has 0 aliphatic carbocycles. The van der Waals surface area contributed by atoms with Crippen molar-refractivity contribution in [2.75, 3.05) is 11.7 Å². The minimum Gasteiger partial charge on any atom is -0.465 e. The van der Waals surface area contributed by atoms with Crippen LogP contribution in [0.25, 0.3) is 0 Å². The lowest BCUT2D eigenvalue weighted by atomic mass is 10.3. The quantitative estimate of drug-likeness (QED) is 0.664. The molecule has 0 unspecified atom stereocenters. The number of hydrogen-bond acceptors (Lipinski definition) is 1. The Morgan fingerprint density at radius 1 is 1.33 bits per heavy atom. The monoisotopic (exact) mass is 187 g/mol. The molecule has 4 heteroatoms. The van der Waals surface area contributed by atoms with E-state index in [-0.39, 0.29) is 0 Å². The second kappa shape index (κ2) is 6.49. The number of amides is 1. The molecular weight excluding hydrogens is 178 g/mol. The van der Waals surface area contributed by atoms with E-state index >= 15 is 0 Å². The van der Waals surface area contributed by atoms with Crippen LogP contribution in [0.1, 0.15) is 0 Å². The Kier molecular flexibility index (Phi) is 5.83. The van der Waals surface area contributed by atoms with Gasteiger partial charge in [-0.05, 0) is 12.1 Å². The smallest absolute Gasteiger partial charge is 0.409 e. The van der Waals surface area contributed by atoms with Crippen molar-refractivity contribution in [3.05, 3.63) is 30.3 Å². The Morgan fingerprint density at radius 2 is 1.83 bits per heavy atom. The van der Waals surface area contributed by atoms with Gasteiger partial charge in [-0.1, -0.05) is 18.2 Å². The van der Waals surface area contributed by atoms with Gasteiger partial charge in [0.15, 0.2) is 0 Å². The zero-order chi connectivity index (χ0) is 9.40. The van der Waals surface area contributed by atoms with Crippen molar-refractivity contribution in [1.29, 1.82) is 0 Å². The number of nitrogens with one attached hydrogen (secondary N) is 1. The highest BCUT2D eigenvalue weighted by Gasteiger charge is 1.92. The third-order valence-electron chi connectivity index (χ3n) is 1.03. The van der Waals surface area contributed by atoms with Crippen molar-refractivity contribution in [3.8, 4) is 0 Å². The van der Waals surface area contributed by atoms with E-state index in [1.807, 2.05) is 6.07 Å². The van der Waals surface area contributed by atoms with Crippen molar-refractivity contribution in [2.45, 2.75) is 0 Å². The SMILES string of the molecule is CCl.O=C(O)Nc1ccccc1. The fourth-order valence-corrected chi connectivity index (χ4v) is 0.645. The Labute approximate surface area is 76.0 Å². The van der Waals surface area contributed by atoms with Crippen molar-refractivity contribution >= 4 is 23.4 Å². The van der Waals surface area contributed by atoms with Gasteiger partial charge in [0.2, 0.25) is 0 Å². The summed E-state index contributed by atoms with van der Waals surface area (Å²) in [5.74, 6) is 0. The summed E-state index contributed by atoms with van der Waals surface area (Å²) < 4.78 is 0. The number of halogens is 1. The molecule has 66 valence electrons. The molecule has 1 rings (SSSR count). The van der Waals surface area contributed by atoms with Gasteiger partial charge in [0.1, 0.15) is 0 Å². The van der Waals surface area contributed by atoms with Crippen molar-refractivity contribution < 1.29 is 9.90 Å². The molecule has 0 heterocycles. The van der Waals surface area contributed by atoms with Gasteiger partial charge in [-0.25, -0.2) is 4.79 Å². The molecule has 0 aliphatic heterocycles. The van der Waals surface area contributed by atoms with E-state index in [2.05, 4.69) is 16.9 Å². The molecule has 0 radical (unpaired) electrons. The van der Waals surface area contributed by atoms with E-state index in [0.29, 0.717) is 5.69 Å². The second-order valence-corrected chi connectivity index (χ2v) is 1.80. The summed E-state index contributed by atoms with van der Waals surface area (Å²) in [6, 6.07) is 8.74. The van der Waals surface area contributed by atoms with Gasteiger partial charge in [0.25, 0.3) is 0 Å². The van der Waals surface area contributed by atoms with Crippen molar-refractivity contribution in [2.24, 2.45) is 0 Å². The highest BCUT2D eigenvalue weighted by Crippen LogP contribution is 2.03. The Morgan fingerprint density at radius 3 is 2.25 bits per heavy atom. The zero-order valence-corrected chi connectivity index (χ0v) is 7.38. The molecule has 0 aliphatic rings. The first-order chi connectivity index (χ1) is 5.79. The number of carbonyl (C=O) groups is 1. The fourth-order valence-electron chi connectivity index (χ4n) is 0.645. The number of rotatable bonds is 1. The van der Waals surface area contributed by atoms with E-state index in [0.717, 1.165) is 0 Å². The number of anilines is 1. The maximum absolute atomic E-state index is 10.1. The zero-order valence-electron chi connectivity index (χ0n) is 6.62. The van der Waals surface area contributed by atoms with E-state index in [1.165, 1.54) is 6.38 Å². The summed E-state index contributed by atoms with van der Waals surface area (Å²) in [6.07, 6.45) is 0.436. The van der Waals surface area contributed by atoms with Gasteiger partial charge >= 0.3 is 6.09 Å². The average molecular weight is 188 g/mol. The first-order valence-electron chi connectivity index (χ1n) is 3.22. The number of hydrogen-bond donors (Lipinski definition) is 2. The van der Waals surface area contributed by atoms with E-state index in [9.17, 15) is 4.79 Å². The van der Waals surface area contributed by atoms with Crippen LogP contribution in [-0.4, -0.2) is 17.6 Å². The highest BCUT2D eigenvalue weighted by atomic mass is 35.5. The van der Waals surface area contributed by atoms with Crippen LogP contribution >= 0.6 is 11.6 Å². The average Bonchev–Trinajstić information content (AvgIpc) is 2.08. The number of benzene rings is 1. The standard InChI is InChI=1S/C7H7NO2.CH3Cl/c9-7(10)8-6-4-2-1-3-5-6;1-2/h1-5,8H,(H,9,10);1H3. The molecule has 1 amide bonds. The molecule has 0 aromatic heterocycles. The Bertz CT molecular complexity index is 226. The minimum atomic E-state index is -1.04. The third kappa shape index (κ3) is 4.57. The molecule has 0 saturated carbocycles. The predicted octanol–water partition coefficient (Wildman–Crippen LogP) is 2.63.